The van der Waals surface area contributed by atoms with E-state index in [0.717, 1.165) is 4.90 Å². The van der Waals surface area contributed by atoms with Crippen LogP contribution in [0.15, 0.2) is 35.2 Å². The highest BCUT2D eigenvalue weighted by molar-refractivity contribution is 8.00. The van der Waals surface area contributed by atoms with Gasteiger partial charge in [0.05, 0.1) is 5.92 Å². The van der Waals surface area contributed by atoms with Crippen LogP contribution in [-0.4, -0.2) is 50.9 Å². The molecule has 2 fully saturated rings. The minimum atomic E-state index is -0.943. The summed E-state index contributed by atoms with van der Waals surface area (Å²) in [6.07, 6.45) is 1.10. The van der Waals surface area contributed by atoms with Gasteiger partial charge in [0.15, 0.2) is 0 Å². The van der Waals surface area contributed by atoms with Crippen LogP contribution in [0.2, 0.25) is 0 Å². The van der Waals surface area contributed by atoms with Gasteiger partial charge in [-0.1, -0.05) is 18.2 Å². The third-order valence-electron chi connectivity index (χ3n) is 4.24. The molecule has 1 unspecified atom stereocenters. The zero-order valence-electron chi connectivity index (χ0n) is 11.4. The quantitative estimate of drug-likeness (QED) is 0.800. The lowest BCUT2D eigenvalue weighted by molar-refractivity contribution is -0.164. The first-order valence-corrected chi connectivity index (χ1v) is 7.89. The number of hydrogen-bond acceptors (Lipinski definition) is 4. The van der Waals surface area contributed by atoms with Crippen molar-refractivity contribution in [2.75, 3.05) is 6.61 Å². The normalized spacial score (nSPS) is 30.9. The minimum absolute atomic E-state index is 0.0328. The Morgan fingerprint density at radius 3 is 2.67 bits per heavy atom. The molecule has 0 saturated carbocycles. The highest BCUT2D eigenvalue weighted by Crippen LogP contribution is 2.46. The molecule has 5 nitrogen and oxygen atoms in total. The molecule has 0 radical (unpaired) electrons. The largest absolute Gasteiger partial charge is 0.480 e. The van der Waals surface area contributed by atoms with E-state index in [1.165, 1.54) is 16.7 Å². The number of nitrogens with zero attached hydrogens (tertiary/aromatic N) is 1. The summed E-state index contributed by atoms with van der Waals surface area (Å²) in [7, 11) is 0. The van der Waals surface area contributed by atoms with E-state index in [-0.39, 0.29) is 29.7 Å². The summed E-state index contributed by atoms with van der Waals surface area (Å²) in [6.45, 7) is -0.0328. The summed E-state index contributed by atoms with van der Waals surface area (Å²) >= 11 is 1.52. The molecule has 1 aromatic rings. The molecule has 3 rings (SSSR count). The fourth-order valence-corrected chi connectivity index (χ4v) is 4.65. The van der Waals surface area contributed by atoms with Gasteiger partial charge in [-0.05, 0) is 25.0 Å². The Balaban J connectivity index is 1.78. The molecule has 2 aliphatic heterocycles. The number of amides is 1. The Kier molecular flexibility index (Phi) is 3.91. The molecule has 2 heterocycles. The van der Waals surface area contributed by atoms with Crippen LogP contribution in [0.1, 0.15) is 12.8 Å². The third kappa shape index (κ3) is 2.42. The van der Waals surface area contributed by atoms with Crippen LogP contribution >= 0.6 is 11.8 Å². The molecular weight excluding hydrogens is 290 g/mol. The van der Waals surface area contributed by atoms with Crippen molar-refractivity contribution in [1.29, 1.82) is 0 Å². The third-order valence-corrected chi connectivity index (χ3v) is 5.54. The van der Waals surface area contributed by atoms with E-state index in [0.29, 0.717) is 12.8 Å². The number of carbonyl (C=O) groups is 2. The molecule has 0 bridgehead atoms. The van der Waals surface area contributed by atoms with E-state index in [2.05, 4.69) is 0 Å². The number of aliphatic hydroxyl groups is 1. The smallest absolute Gasteiger partial charge is 0.327 e. The first-order chi connectivity index (χ1) is 10.1. The highest BCUT2D eigenvalue weighted by Gasteiger charge is 2.59. The molecule has 1 amide bonds. The van der Waals surface area contributed by atoms with E-state index in [4.69, 9.17) is 5.11 Å². The summed E-state index contributed by atoms with van der Waals surface area (Å²) in [5.74, 6) is -1.28. The minimum Gasteiger partial charge on any atom is -0.480 e. The number of carboxylic acids is 1. The second-order valence-corrected chi connectivity index (χ2v) is 6.73. The molecule has 2 N–H and O–H groups in total. The van der Waals surface area contributed by atoms with Crippen LogP contribution in [0.5, 0.6) is 0 Å². The zero-order valence-corrected chi connectivity index (χ0v) is 12.2. The lowest BCUT2D eigenvalue weighted by Crippen LogP contribution is -2.62. The molecule has 4 atom stereocenters. The van der Waals surface area contributed by atoms with Crippen LogP contribution in [-0.2, 0) is 9.59 Å². The summed E-state index contributed by atoms with van der Waals surface area (Å²) in [5, 5.41) is 18.3. The van der Waals surface area contributed by atoms with Crippen LogP contribution in [0, 0.1) is 5.92 Å². The lowest BCUT2D eigenvalue weighted by atomic mass is 9.85. The summed E-state index contributed by atoms with van der Waals surface area (Å²) in [5.41, 5.74) is 0. The number of aliphatic hydroxyl groups excluding tert-OH is 1. The zero-order chi connectivity index (χ0) is 15.0. The molecule has 0 spiro atoms. The van der Waals surface area contributed by atoms with Crippen molar-refractivity contribution >= 4 is 23.6 Å². The number of carbonyl (C=O) groups excluding carboxylic acids is 1. The van der Waals surface area contributed by atoms with Crippen molar-refractivity contribution < 1.29 is 19.8 Å². The van der Waals surface area contributed by atoms with E-state index in [1.54, 1.807) is 0 Å². The van der Waals surface area contributed by atoms with Gasteiger partial charge in [-0.2, -0.15) is 0 Å². The standard InChI is InChI=1S/C15H17NO4S/c17-7-6-10-11-8-12(21-9-4-2-1-3-5-9)13(15(19)20)16(11)14(10)18/h1-5,10-13,17H,6-8H2,(H,19,20)/t10-,11+,12?,13-/m1/s1. The number of β-lactam (4-membered cyclic amide) rings is 1. The van der Waals surface area contributed by atoms with Crippen LogP contribution in [0.25, 0.3) is 0 Å². The van der Waals surface area contributed by atoms with Crippen molar-refractivity contribution in [3.63, 3.8) is 0 Å². The first-order valence-electron chi connectivity index (χ1n) is 7.01. The van der Waals surface area contributed by atoms with Crippen molar-refractivity contribution in [3.05, 3.63) is 30.3 Å². The Hall–Kier alpha value is -1.53. The second kappa shape index (κ2) is 5.69. The average molecular weight is 307 g/mol. The van der Waals surface area contributed by atoms with Gasteiger partial charge >= 0.3 is 5.97 Å². The van der Waals surface area contributed by atoms with E-state index < -0.39 is 12.0 Å². The molecule has 2 aliphatic rings. The van der Waals surface area contributed by atoms with Gasteiger partial charge in [0.1, 0.15) is 6.04 Å². The molecular formula is C15H17NO4S. The maximum Gasteiger partial charge on any atom is 0.327 e. The molecule has 112 valence electrons. The number of thioether (sulfide) groups is 1. The molecule has 1 aromatic carbocycles. The van der Waals surface area contributed by atoms with Crippen LogP contribution in [0.4, 0.5) is 0 Å². The monoisotopic (exact) mass is 307 g/mol. The van der Waals surface area contributed by atoms with Gasteiger partial charge in [-0.15, -0.1) is 11.8 Å². The molecule has 0 aliphatic carbocycles. The summed E-state index contributed by atoms with van der Waals surface area (Å²) < 4.78 is 0. The number of aliphatic carboxylic acids is 1. The summed E-state index contributed by atoms with van der Waals surface area (Å²) in [4.78, 5) is 26.2. The predicted octanol–water partition coefficient (Wildman–Crippen LogP) is 1.21. The fraction of sp³-hybridized carbons (Fsp3) is 0.467. The molecule has 6 heteroatoms. The topological polar surface area (TPSA) is 77.8 Å². The van der Waals surface area contributed by atoms with Gasteiger partial charge in [0.2, 0.25) is 5.91 Å². The van der Waals surface area contributed by atoms with Gasteiger partial charge in [0, 0.05) is 22.8 Å². The van der Waals surface area contributed by atoms with Gasteiger partial charge in [-0.3, -0.25) is 4.79 Å². The first kappa shape index (κ1) is 14.4. The maximum atomic E-state index is 12.1. The van der Waals surface area contributed by atoms with Gasteiger partial charge in [-0.25, -0.2) is 4.79 Å². The lowest BCUT2D eigenvalue weighted by Gasteiger charge is -2.44. The Morgan fingerprint density at radius 2 is 2.05 bits per heavy atom. The number of carboxylic acid groups (broad SMARTS) is 1. The maximum absolute atomic E-state index is 12.1. The average Bonchev–Trinajstić information content (AvgIpc) is 2.81. The number of fused-ring (bicyclic) bond motifs is 1. The summed E-state index contributed by atoms with van der Waals surface area (Å²) in [6, 6.07) is 8.86. The van der Waals surface area contributed by atoms with Crippen molar-refractivity contribution in [3.8, 4) is 0 Å². The number of benzene rings is 1. The van der Waals surface area contributed by atoms with E-state index >= 15 is 0 Å². The Morgan fingerprint density at radius 1 is 1.33 bits per heavy atom. The van der Waals surface area contributed by atoms with Gasteiger partial charge in [0.25, 0.3) is 0 Å². The highest BCUT2D eigenvalue weighted by atomic mass is 32.2. The SMILES string of the molecule is O=C(O)[C@H]1C(Sc2ccccc2)C[C@H]2[C@@H](CCO)C(=O)N12. The van der Waals surface area contributed by atoms with Crippen molar-refractivity contribution in [2.24, 2.45) is 5.92 Å². The second-order valence-electron chi connectivity index (χ2n) is 5.42. The Labute approximate surface area is 126 Å². The predicted molar refractivity (Wildman–Crippen MR) is 78.0 cm³/mol. The van der Waals surface area contributed by atoms with Gasteiger partial charge < -0.3 is 15.1 Å². The van der Waals surface area contributed by atoms with Crippen molar-refractivity contribution in [2.45, 2.75) is 35.1 Å². The van der Waals surface area contributed by atoms with Crippen molar-refractivity contribution in [1.82, 2.24) is 4.90 Å². The van der Waals surface area contributed by atoms with E-state index in [9.17, 15) is 14.7 Å². The van der Waals surface area contributed by atoms with E-state index in [1.807, 2.05) is 30.3 Å². The van der Waals surface area contributed by atoms with Crippen LogP contribution < -0.4 is 0 Å². The number of hydrogen-bond donors (Lipinski definition) is 2. The molecule has 21 heavy (non-hydrogen) atoms. The number of rotatable bonds is 5. The molecule has 0 aromatic heterocycles. The van der Waals surface area contributed by atoms with Crippen LogP contribution in [0.3, 0.4) is 0 Å². The fourth-order valence-electron chi connectivity index (χ4n) is 3.32. The molecule has 2 saturated heterocycles. The Bertz CT molecular complexity index is 550.